The number of amides is 1. The van der Waals surface area contributed by atoms with Gasteiger partial charge in [-0.2, -0.15) is 0 Å². The molecule has 1 N–H and O–H groups in total. The summed E-state index contributed by atoms with van der Waals surface area (Å²) in [6.07, 6.45) is 7.39. The van der Waals surface area contributed by atoms with Crippen molar-refractivity contribution in [1.82, 2.24) is 9.55 Å². The summed E-state index contributed by atoms with van der Waals surface area (Å²) in [6, 6.07) is 0. The number of thioether (sulfide) groups is 1. The first-order chi connectivity index (χ1) is 16.9. The molecule has 0 unspecified atom stereocenters. The van der Waals surface area contributed by atoms with Crippen LogP contribution in [0.2, 0.25) is 0 Å². The van der Waals surface area contributed by atoms with E-state index in [0.717, 1.165) is 64.7 Å². The van der Waals surface area contributed by atoms with Crippen LogP contribution < -0.4 is 10.9 Å². The van der Waals surface area contributed by atoms with Gasteiger partial charge in [-0.05, 0) is 55.6 Å². The van der Waals surface area contributed by atoms with E-state index in [1.165, 1.54) is 35.1 Å². The predicted octanol–water partition coefficient (Wildman–Crippen LogP) is 4.84. The standard InChI is InChI=1S/C25H27N3O4S3/c1-4-10-28-23(30)19-15-9-8-13(2)11-17(15)35-21(19)27-25(28)33-12-18(29)26-22-20(24(31)32-3)14-6-5-7-16(14)34-22/h4,13H,1,5-12H2,2-3H3,(H,26,29)/t13-/m0/s1. The maximum absolute atomic E-state index is 13.4. The number of methoxy groups -OCH3 is 1. The van der Waals surface area contributed by atoms with Gasteiger partial charge in [0, 0.05) is 16.3 Å². The number of thiophene rings is 2. The van der Waals surface area contributed by atoms with Crippen LogP contribution in [-0.4, -0.2) is 34.3 Å². The number of aryl methyl sites for hydroxylation is 2. The molecule has 5 rings (SSSR count). The molecule has 184 valence electrons. The monoisotopic (exact) mass is 529 g/mol. The summed E-state index contributed by atoms with van der Waals surface area (Å²) in [5.41, 5.74) is 2.55. The number of hydrogen-bond donors (Lipinski definition) is 1. The van der Waals surface area contributed by atoms with Gasteiger partial charge in [0.2, 0.25) is 5.91 Å². The average Bonchev–Trinajstić information content (AvgIpc) is 3.51. The molecular formula is C25H27N3O4S3. The Morgan fingerprint density at radius 1 is 1.26 bits per heavy atom. The van der Waals surface area contributed by atoms with Crippen LogP contribution in [-0.2, 0) is 41.8 Å². The van der Waals surface area contributed by atoms with Crippen LogP contribution in [0.15, 0.2) is 22.6 Å². The SMILES string of the molecule is C=CCn1c(SCC(=O)Nc2sc3c(c2C(=O)OC)CCC3)nc2sc3c(c2c1=O)CC[C@H](C)C3. The number of nitrogens with one attached hydrogen (secondary N) is 1. The molecule has 7 nitrogen and oxygen atoms in total. The molecule has 0 spiro atoms. The third-order valence-electron chi connectivity index (χ3n) is 6.59. The molecule has 1 amide bonds. The molecule has 0 radical (unpaired) electrons. The lowest BCUT2D eigenvalue weighted by Crippen LogP contribution is -2.24. The fourth-order valence-corrected chi connectivity index (χ4v) is 8.43. The first-order valence-electron chi connectivity index (χ1n) is 11.7. The molecule has 1 atom stereocenters. The number of nitrogens with zero attached hydrogens (tertiary/aromatic N) is 2. The number of fused-ring (bicyclic) bond motifs is 4. The Kier molecular flexibility index (Phi) is 6.87. The van der Waals surface area contributed by atoms with E-state index in [1.807, 2.05) is 0 Å². The number of anilines is 1. The predicted molar refractivity (Wildman–Crippen MR) is 142 cm³/mol. The minimum absolute atomic E-state index is 0.0625. The van der Waals surface area contributed by atoms with Crippen molar-refractivity contribution < 1.29 is 14.3 Å². The van der Waals surface area contributed by atoms with E-state index in [4.69, 9.17) is 9.72 Å². The lowest BCUT2D eigenvalue weighted by Gasteiger charge is -2.17. The Morgan fingerprint density at radius 2 is 2.09 bits per heavy atom. The smallest absolute Gasteiger partial charge is 0.341 e. The van der Waals surface area contributed by atoms with Gasteiger partial charge in [-0.25, -0.2) is 9.78 Å². The van der Waals surface area contributed by atoms with E-state index >= 15 is 0 Å². The molecule has 2 aliphatic carbocycles. The van der Waals surface area contributed by atoms with E-state index in [2.05, 4.69) is 18.8 Å². The number of esters is 1. The quantitative estimate of drug-likeness (QED) is 0.204. The molecule has 0 saturated carbocycles. The largest absolute Gasteiger partial charge is 0.465 e. The molecule has 0 bridgehead atoms. The van der Waals surface area contributed by atoms with Crippen molar-refractivity contribution in [3.8, 4) is 0 Å². The highest BCUT2D eigenvalue weighted by Gasteiger charge is 2.28. The summed E-state index contributed by atoms with van der Waals surface area (Å²) in [4.78, 5) is 46.6. The van der Waals surface area contributed by atoms with Gasteiger partial charge in [-0.3, -0.25) is 14.2 Å². The average molecular weight is 530 g/mol. The van der Waals surface area contributed by atoms with Crippen molar-refractivity contribution in [2.24, 2.45) is 5.92 Å². The summed E-state index contributed by atoms with van der Waals surface area (Å²) in [7, 11) is 1.35. The first-order valence-corrected chi connectivity index (χ1v) is 14.3. The zero-order valence-electron chi connectivity index (χ0n) is 19.8. The van der Waals surface area contributed by atoms with E-state index < -0.39 is 5.97 Å². The van der Waals surface area contributed by atoms with Crippen LogP contribution in [0.1, 0.15) is 51.0 Å². The molecule has 3 aromatic heterocycles. The summed E-state index contributed by atoms with van der Waals surface area (Å²) >= 11 is 4.28. The lowest BCUT2D eigenvalue weighted by atomic mass is 9.89. The van der Waals surface area contributed by atoms with Crippen molar-refractivity contribution in [3.63, 3.8) is 0 Å². The molecule has 35 heavy (non-hydrogen) atoms. The van der Waals surface area contributed by atoms with Crippen molar-refractivity contribution in [3.05, 3.63) is 49.5 Å². The number of carbonyl (C=O) groups excluding carboxylic acids is 2. The molecule has 0 fully saturated rings. The Bertz CT molecular complexity index is 1400. The molecule has 0 aliphatic heterocycles. The third kappa shape index (κ3) is 4.47. The van der Waals surface area contributed by atoms with E-state index in [9.17, 15) is 14.4 Å². The zero-order chi connectivity index (χ0) is 24.7. The second kappa shape index (κ2) is 9.91. The minimum atomic E-state index is -0.421. The van der Waals surface area contributed by atoms with Gasteiger partial charge < -0.3 is 10.1 Å². The molecule has 0 saturated heterocycles. The lowest BCUT2D eigenvalue weighted by molar-refractivity contribution is -0.113. The van der Waals surface area contributed by atoms with Crippen LogP contribution in [0.5, 0.6) is 0 Å². The highest BCUT2D eigenvalue weighted by Crippen LogP contribution is 2.40. The highest BCUT2D eigenvalue weighted by atomic mass is 32.2. The van der Waals surface area contributed by atoms with Crippen LogP contribution in [0.3, 0.4) is 0 Å². The molecule has 0 aromatic carbocycles. The Morgan fingerprint density at radius 3 is 2.86 bits per heavy atom. The number of carbonyl (C=O) groups is 2. The van der Waals surface area contributed by atoms with Crippen LogP contribution in [0.25, 0.3) is 10.2 Å². The van der Waals surface area contributed by atoms with Crippen LogP contribution in [0.4, 0.5) is 5.00 Å². The van der Waals surface area contributed by atoms with E-state index in [-0.39, 0.29) is 17.2 Å². The summed E-state index contributed by atoms with van der Waals surface area (Å²) < 4.78 is 6.57. The second-order valence-corrected chi connectivity index (χ2v) is 12.2. The Hall–Kier alpha value is -2.43. The summed E-state index contributed by atoms with van der Waals surface area (Å²) in [5.74, 6) is 0.00609. The van der Waals surface area contributed by atoms with Gasteiger partial charge in [0.05, 0.1) is 23.8 Å². The Labute approximate surface area is 215 Å². The second-order valence-electron chi connectivity index (χ2n) is 9.02. The topological polar surface area (TPSA) is 90.3 Å². The number of aromatic nitrogens is 2. The zero-order valence-corrected chi connectivity index (χ0v) is 22.2. The van der Waals surface area contributed by atoms with Crippen molar-refractivity contribution in [1.29, 1.82) is 0 Å². The summed E-state index contributed by atoms with van der Waals surface area (Å²) in [6.45, 7) is 6.37. The van der Waals surface area contributed by atoms with E-state index in [0.29, 0.717) is 28.2 Å². The van der Waals surface area contributed by atoms with Crippen LogP contribution in [0, 0.1) is 5.92 Å². The van der Waals surface area contributed by atoms with Crippen molar-refractivity contribution in [2.75, 3.05) is 18.2 Å². The molecular weight excluding hydrogens is 502 g/mol. The number of rotatable bonds is 7. The van der Waals surface area contributed by atoms with Crippen LogP contribution >= 0.6 is 34.4 Å². The van der Waals surface area contributed by atoms with E-state index in [1.54, 1.807) is 22.0 Å². The maximum atomic E-state index is 13.4. The molecule has 2 aliphatic rings. The number of hydrogen-bond acceptors (Lipinski definition) is 8. The Balaban J connectivity index is 1.40. The normalized spacial score (nSPS) is 16.7. The van der Waals surface area contributed by atoms with Gasteiger partial charge in [0.1, 0.15) is 9.83 Å². The van der Waals surface area contributed by atoms with Gasteiger partial charge >= 0.3 is 5.97 Å². The fourth-order valence-electron chi connectivity index (χ4n) is 4.91. The molecule has 10 heteroatoms. The highest BCUT2D eigenvalue weighted by molar-refractivity contribution is 7.99. The fraction of sp³-hybridized carbons (Fsp3) is 0.440. The van der Waals surface area contributed by atoms with Gasteiger partial charge in [0.25, 0.3) is 5.56 Å². The van der Waals surface area contributed by atoms with Gasteiger partial charge in [0.15, 0.2) is 5.16 Å². The van der Waals surface area contributed by atoms with Gasteiger partial charge in [-0.15, -0.1) is 29.3 Å². The number of allylic oxidation sites excluding steroid dienone is 1. The van der Waals surface area contributed by atoms with Crippen molar-refractivity contribution >= 4 is 61.5 Å². The summed E-state index contributed by atoms with van der Waals surface area (Å²) in [5, 5.41) is 4.67. The first kappa shape index (κ1) is 24.3. The van der Waals surface area contributed by atoms with Crippen molar-refractivity contribution in [2.45, 2.75) is 57.1 Å². The number of ether oxygens (including phenoxy) is 1. The molecule has 3 heterocycles. The van der Waals surface area contributed by atoms with Gasteiger partial charge in [-0.1, -0.05) is 24.8 Å². The molecule has 3 aromatic rings. The maximum Gasteiger partial charge on any atom is 0.341 e. The third-order valence-corrected chi connectivity index (χ3v) is 9.92. The minimum Gasteiger partial charge on any atom is -0.465 e.